The number of Topliss-reactive ketones (excluding diaryl/α,β-unsaturated/α-hetero) is 1. The highest BCUT2D eigenvalue weighted by molar-refractivity contribution is 6.22. The van der Waals surface area contributed by atoms with Crippen molar-refractivity contribution in [2.75, 3.05) is 43.1 Å². The Kier molecular flexibility index (Phi) is 6.05. The summed E-state index contributed by atoms with van der Waals surface area (Å²) >= 11 is 0. The van der Waals surface area contributed by atoms with Crippen LogP contribution in [-0.2, 0) is 14.3 Å². The van der Waals surface area contributed by atoms with Gasteiger partial charge in [0.2, 0.25) is 5.91 Å². The summed E-state index contributed by atoms with van der Waals surface area (Å²) in [5.74, 6) is -0.911. The van der Waals surface area contributed by atoms with E-state index in [1.165, 1.54) is 12.0 Å². The van der Waals surface area contributed by atoms with Crippen LogP contribution in [0.4, 0.5) is 11.4 Å². The fraction of sp³-hybridized carbons (Fsp3) is 0.333. The van der Waals surface area contributed by atoms with Crippen LogP contribution < -0.4 is 9.80 Å². The molecule has 0 saturated carbocycles. The van der Waals surface area contributed by atoms with Gasteiger partial charge in [0.25, 0.3) is 5.91 Å². The summed E-state index contributed by atoms with van der Waals surface area (Å²) < 4.78 is 4.69. The molecular weight excluding hydrogens is 410 g/mol. The van der Waals surface area contributed by atoms with Crippen molar-refractivity contribution >= 4 is 34.9 Å². The molecule has 0 spiro atoms. The molecular formula is C24H25N3O5. The van der Waals surface area contributed by atoms with E-state index in [1.54, 1.807) is 31.2 Å². The molecule has 2 fully saturated rings. The molecule has 2 heterocycles. The predicted molar refractivity (Wildman–Crippen MR) is 119 cm³/mol. The zero-order valence-electron chi connectivity index (χ0n) is 18.1. The normalized spacial score (nSPS) is 19.4. The van der Waals surface area contributed by atoms with Gasteiger partial charge in [0, 0.05) is 37.4 Å². The van der Waals surface area contributed by atoms with Gasteiger partial charge in [-0.05, 0) is 55.5 Å². The van der Waals surface area contributed by atoms with Gasteiger partial charge < -0.3 is 9.64 Å². The van der Waals surface area contributed by atoms with Gasteiger partial charge >= 0.3 is 5.97 Å². The molecule has 166 valence electrons. The monoisotopic (exact) mass is 435 g/mol. The van der Waals surface area contributed by atoms with E-state index in [0.717, 1.165) is 18.8 Å². The molecule has 0 bridgehead atoms. The molecule has 0 aromatic heterocycles. The molecule has 8 nitrogen and oxygen atoms in total. The second-order valence-electron chi connectivity index (χ2n) is 7.95. The van der Waals surface area contributed by atoms with Crippen molar-refractivity contribution in [2.45, 2.75) is 19.4 Å². The zero-order chi connectivity index (χ0) is 22.8. The van der Waals surface area contributed by atoms with Crippen molar-refractivity contribution in [3.8, 4) is 0 Å². The lowest BCUT2D eigenvalue weighted by Gasteiger charge is -2.38. The molecule has 0 N–H and O–H groups in total. The number of ether oxygens (including phenoxy) is 1. The average Bonchev–Trinajstić information content (AvgIpc) is 3.12. The Morgan fingerprint density at radius 2 is 1.41 bits per heavy atom. The number of hydrogen-bond donors (Lipinski definition) is 0. The molecule has 2 aliphatic heterocycles. The molecule has 0 radical (unpaired) electrons. The number of piperazine rings is 1. The molecule has 2 aromatic rings. The number of imide groups is 1. The Morgan fingerprint density at radius 3 is 1.97 bits per heavy atom. The summed E-state index contributed by atoms with van der Waals surface area (Å²) in [4.78, 5) is 54.3. The van der Waals surface area contributed by atoms with Gasteiger partial charge in [-0.15, -0.1) is 0 Å². The molecule has 4 rings (SSSR count). The van der Waals surface area contributed by atoms with E-state index in [9.17, 15) is 19.2 Å². The number of hydrogen-bond acceptors (Lipinski definition) is 7. The van der Waals surface area contributed by atoms with E-state index in [2.05, 4.69) is 14.5 Å². The smallest absolute Gasteiger partial charge is 0.337 e. The number of carbonyl (C=O) groups is 4. The van der Waals surface area contributed by atoms with Crippen LogP contribution in [0.5, 0.6) is 0 Å². The van der Waals surface area contributed by atoms with Crippen molar-refractivity contribution < 1.29 is 23.9 Å². The highest BCUT2D eigenvalue weighted by Crippen LogP contribution is 2.27. The molecule has 8 heteroatoms. The zero-order valence-corrected chi connectivity index (χ0v) is 18.1. The number of methoxy groups -OCH3 is 1. The van der Waals surface area contributed by atoms with Crippen molar-refractivity contribution in [2.24, 2.45) is 0 Å². The minimum Gasteiger partial charge on any atom is -0.465 e. The Bertz CT molecular complexity index is 1040. The van der Waals surface area contributed by atoms with E-state index < -0.39 is 12.0 Å². The number of benzene rings is 2. The van der Waals surface area contributed by atoms with Crippen LogP contribution in [0.25, 0.3) is 0 Å². The third kappa shape index (κ3) is 4.13. The topological polar surface area (TPSA) is 87.2 Å². The standard InChI is InChI=1S/C24H25N3O5/c1-16(28)17-3-7-19(8-4-17)25-11-13-26(14-12-25)21-15-22(29)27(23(21)30)20-9-5-18(6-10-20)24(31)32-2/h3-10,21H,11-15H2,1-2H3/t21-/m0/s1. The summed E-state index contributed by atoms with van der Waals surface area (Å²) in [6.45, 7) is 4.32. The van der Waals surface area contributed by atoms with Gasteiger partial charge in [-0.25, -0.2) is 9.69 Å². The lowest BCUT2D eigenvalue weighted by atomic mass is 10.1. The molecule has 2 amide bonds. The number of anilines is 2. The fourth-order valence-corrected chi connectivity index (χ4v) is 4.24. The van der Waals surface area contributed by atoms with Crippen LogP contribution in [0.3, 0.4) is 0 Å². The van der Waals surface area contributed by atoms with Crippen LogP contribution in [0.2, 0.25) is 0 Å². The van der Waals surface area contributed by atoms with Gasteiger partial charge in [0.1, 0.15) is 0 Å². The Balaban J connectivity index is 1.40. The average molecular weight is 435 g/mol. The molecule has 1 atom stereocenters. The molecule has 2 aliphatic rings. The first kappa shape index (κ1) is 21.7. The van der Waals surface area contributed by atoms with E-state index >= 15 is 0 Å². The van der Waals surface area contributed by atoms with E-state index in [0.29, 0.717) is 29.9 Å². The number of ketones is 1. The van der Waals surface area contributed by atoms with Gasteiger partial charge in [-0.1, -0.05) is 0 Å². The molecule has 0 unspecified atom stereocenters. The third-order valence-electron chi connectivity index (χ3n) is 6.06. The summed E-state index contributed by atoms with van der Waals surface area (Å²) in [6, 6.07) is 13.3. The maximum Gasteiger partial charge on any atom is 0.337 e. The Hall–Kier alpha value is -3.52. The number of carbonyl (C=O) groups excluding carboxylic acids is 4. The Morgan fingerprint density at radius 1 is 0.844 bits per heavy atom. The summed E-state index contributed by atoms with van der Waals surface area (Å²) in [5, 5.41) is 0. The quantitative estimate of drug-likeness (QED) is 0.404. The van der Waals surface area contributed by atoms with Gasteiger partial charge in [-0.2, -0.15) is 0 Å². The van der Waals surface area contributed by atoms with Crippen LogP contribution in [-0.4, -0.2) is 67.8 Å². The lowest BCUT2D eigenvalue weighted by Crippen LogP contribution is -2.52. The van der Waals surface area contributed by atoms with E-state index in [-0.39, 0.29) is 24.0 Å². The Labute approximate surface area is 186 Å². The first-order valence-electron chi connectivity index (χ1n) is 10.5. The van der Waals surface area contributed by atoms with Crippen LogP contribution in [0, 0.1) is 0 Å². The minimum atomic E-state index is -0.481. The maximum atomic E-state index is 13.1. The van der Waals surface area contributed by atoms with E-state index in [4.69, 9.17) is 0 Å². The largest absolute Gasteiger partial charge is 0.465 e. The molecule has 0 aliphatic carbocycles. The molecule has 2 saturated heterocycles. The first-order valence-corrected chi connectivity index (χ1v) is 10.5. The first-order chi connectivity index (χ1) is 15.4. The van der Waals surface area contributed by atoms with Crippen LogP contribution in [0.1, 0.15) is 34.1 Å². The second kappa shape index (κ2) is 8.92. The van der Waals surface area contributed by atoms with Gasteiger partial charge in [0.15, 0.2) is 5.78 Å². The minimum absolute atomic E-state index is 0.0373. The highest BCUT2D eigenvalue weighted by atomic mass is 16.5. The number of rotatable bonds is 5. The number of nitrogens with zero attached hydrogens (tertiary/aromatic N) is 3. The molecule has 32 heavy (non-hydrogen) atoms. The lowest BCUT2D eigenvalue weighted by molar-refractivity contribution is -0.123. The van der Waals surface area contributed by atoms with Gasteiger partial charge in [-0.3, -0.25) is 19.3 Å². The summed E-state index contributed by atoms with van der Waals surface area (Å²) in [6.07, 6.45) is 0.144. The third-order valence-corrected chi connectivity index (χ3v) is 6.06. The van der Waals surface area contributed by atoms with Crippen molar-refractivity contribution in [1.82, 2.24) is 4.90 Å². The molecule has 2 aromatic carbocycles. The SMILES string of the molecule is COC(=O)c1ccc(N2C(=O)C[C@H](N3CCN(c4ccc(C(C)=O)cc4)CC3)C2=O)cc1. The number of esters is 1. The maximum absolute atomic E-state index is 13.1. The highest BCUT2D eigenvalue weighted by Gasteiger charge is 2.43. The summed E-state index contributed by atoms with van der Waals surface area (Å²) in [7, 11) is 1.30. The van der Waals surface area contributed by atoms with Crippen LogP contribution >= 0.6 is 0 Å². The summed E-state index contributed by atoms with van der Waals surface area (Å²) in [5.41, 5.74) is 2.54. The van der Waals surface area contributed by atoms with Crippen molar-refractivity contribution in [3.63, 3.8) is 0 Å². The van der Waals surface area contributed by atoms with Crippen molar-refractivity contribution in [1.29, 1.82) is 0 Å². The predicted octanol–water partition coefficient (Wildman–Crippen LogP) is 2.13. The van der Waals surface area contributed by atoms with E-state index in [1.807, 2.05) is 24.3 Å². The van der Waals surface area contributed by atoms with Crippen molar-refractivity contribution in [3.05, 3.63) is 59.7 Å². The number of amides is 2. The van der Waals surface area contributed by atoms with Gasteiger partial charge in [0.05, 0.1) is 30.8 Å². The fourth-order valence-electron chi connectivity index (χ4n) is 4.24. The second-order valence-corrected chi connectivity index (χ2v) is 7.95. The van der Waals surface area contributed by atoms with Crippen LogP contribution in [0.15, 0.2) is 48.5 Å².